The third-order valence-corrected chi connectivity index (χ3v) is 3.71. The molecule has 1 N–H and O–H groups in total. The Morgan fingerprint density at radius 1 is 1.08 bits per heavy atom. The number of nitro groups is 1. The molecule has 0 aliphatic heterocycles. The number of carbonyl (C=O) groups excluding carboxylic acids is 1. The molecule has 0 aliphatic rings. The van der Waals surface area contributed by atoms with E-state index in [4.69, 9.17) is 0 Å². The van der Waals surface area contributed by atoms with Crippen molar-refractivity contribution in [3.8, 4) is 5.69 Å². The Morgan fingerprint density at radius 2 is 1.81 bits per heavy atom. The molecule has 0 unspecified atom stereocenters. The molecular weight excluding hydrogens is 332 g/mol. The second kappa shape index (κ2) is 7.89. The van der Waals surface area contributed by atoms with Gasteiger partial charge in [0.2, 0.25) is 5.91 Å². The Labute approximate surface area is 149 Å². The molecule has 1 aromatic heterocycles. The average molecular weight is 348 g/mol. The van der Waals surface area contributed by atoms with Gasteiger partial charge in [-0.2, -0.15) is 5.10 Å². The van der Waals surface area contributed by atoms with Crippen molar-refractivity contribution < 1.29 is 9.72 Å². The lowest BCUT2D eigenvalue weighted by atomic mass is 10.1. The average Bonchev–Trinajstić information content (AvgIpc) is 3.11. The lowest BCUT2D eigenvalue weighted by Gasteiger charge is -2.06. The molecule has 0 spiro atoms. The number of benzene rings is 2. The van der Waals surface area contributed by atoms with Gasteiger partial charge in [0.15, 0.2) is 0 Å². The molecule has 0 aliphatic carbocycles. The number of hydrazone groups is 1. The number of nitrogens with one attached hydrogen (secondary N) is 1. The van der Waals surface area contributed by atoms with Gasteiger partial charge in [0.1, 0.15) is 0 Å². The largest absolute Gasteiger partial charge is 0.316 e. The molecule has 0 saturated heterocycles. The fourth-order valence-electron chi connectivity index (χ4n) is 2.46. The molecule has 26 heavy (non-hydrogen) atoms. The zero-order chi connectivity index (χ0) is 18.4. The predicted molar refractivity (Wildman–Crippen MR) is 98.3 cm³/mol. The van der Waals surface area contributed by atoms with Gasteiger partial charge in [-0.3, -0.25) is 14.9 Å². The van der Waals surface area contributed by atoms with Crippen molar-refractivity contribution in [3.05, 3.63) is 94.3 Å². The quantitative estimate of drug-likeness (QED) is 0.422. The number of nitrogens with zero attached hydrogens (tertiary/aromatic N) is 3. The molecule has 0 atom stereocenters. The standard InChI is InChI=1S/C19H16N4O3/c24-19(13-15-5-2-1-3-6-15)21-20-14-18-7-4-12-22(18)16-8-10-17(11-9-16)23(25)26/h1-12,14H,13H2,(H,21,24)/b20-14-. The van der Waals surface area contributed by atoms with Gasteiger partial charge in [0.25, 0.3) is 5.69 Å². The summed E-state index contributed by atoms with van der Waals surface area (Å²) in [4.78, 5) is 22.2. The number of hydrogen-bond donors (Lipinski definition) is 1. The summed E-state index contributed by atoms with van der Waals surface area (Å²) in [6.07, 6.45) is 3.60. The molecule has 1 heterocycles. The van der Waals surface area contributed by atoms with Crippen LogP contribution in [0.4, 0.5) is 5.69 Å². The van der Waals surface area contributed by atoms with Crippen molar-refractivity contribution in [1.82, 2.24) is 9.99 Å². The van der Waals surface area contributed by atoms with Crippen LogP contribution in [0.1, 0.15) is 11.3 Å². The number of nitro benzene ring substituents is 1. The van der Waals surface area contributed by atoms with E-state index in [-0.39, 0.29) is 18.0 Å². The molecular formula is C19H16N4O3. The highest BCUT2D eigenvalue weighted by atomic mass is 16.6. The minimum atomic E-state index is -0.440. The highest BCUT2D eigenvalue weighted by molar-refractivity contribution is 5.82. The maximum atomic E-state index is 11.9. The highest BCUT2D eigenvalue weighted by Gasteiger charge is 2.07. The van der Waals surface area contributed by atoms with Crippen molar-refractivity contribution >= 4 is 17.8 Å². The molecule has 3 aromatic rings. The summed E-state index contributed by atoms with van der Waals surface area (Å²) in [7, 11) is 0. The summed E-state index contributed by atoms with van der Waals surface area (Å²) < 4.78 is 1.82. The SMILES string of the molecule is O=C(Cc1ccccc1)N/N=C\c1cccn1-c1ccc([N+](=O)[O-])cc1. The van der Waals surface area contributed by atoms with Crippen LogP contribution in [-0.4, -0.2) is 21.6 Å². The number of amides is 1. The van der Waals surface area contributed by atoms with Crippen molar-refractivity contribution in [2.45, 2.75) is 6.42 Å². The summed E-state index contributed by atoms with van der Waals surface area (Å²) >= 11 is 0. The van der Waals surface area contributed by atoms with Gasteiger partial charge < -0.3 is 4.57 Å². The zero-order valence-corrected chi connectivity index (χ0v) is 13.8. The zero-order valence-electron chi connectivity index (χ0n) is 13.8. The molecule has 7 nitrogen and oxygen atoms in total. The Morgan fingerprint density at radius 3 is 2.50 bits per heavy atom. The number of aromatic nitrogens is 1. The molecule has 3 rings (SSSR count). The maximum absolute atomic E-state index is 11.9. The fraction of sp³-hybridized carbons (Fsp3) is 0.0526. The molecule has 7 heteroatoms. The van der Waals surface area contributed by atoms with Crippen LogP contribution >= 0.6 is 0 Å². The smallest absolute Gasteiger partial charge is 0.269 e. The molecule has 0 bridgehead atoms. The lowest BCUT2D eigenvalue weighted by Crippen LogP contribution is -2.19. The van der Waals surface area contributed by atoms with E-state index in [0.29, 0.717) is 0 Å². The predicted octanol–water partition coefficient (Wildman–Crippen LogP) is 3.08. The first-order valence-electron chi connectivity index (χ1n) is 7.91. The van der Waals surface area contributed by atoms with E-state index in [1.54, 1.807) is 12.1 Å². The van der Waals surface area contributed by atoms with E-state index >= 15 is 0 Å². The van der Waals surface area contributed by atoms with Crippen LogP contribution in [0.2, 0.25) is 0 Å². The number of carbonyl (C=O) groups is 1. The van der Waals surface area contributed by atoms with Crippen molar-refractivity contribution in [2.24, 2.45) is 5.10 Å². The molecule has 2 aromatic carbocycles. The second-order valence-corrected chi connectivity index (χ2v) is 5.53. The third kappa shape index (κ3) is 4.21. The second-order valence-electron chi connectivity index (χ2n) is 5.53. The first-order valence-corrected chi connectivity index (χ1v) is 7.91. The first kappa shape index (κ1) is 17.1. The topological polar surface area (TPSA) is 89.5 Å². The van der Waals surface area contributed by atoms with Gasteiger partial charge in [-0.1, -0.05) is 30.3 Å². The number of rotatable bonds is 6. The van der Waals surface area contributed by atoms with E-state index in [2.05, 4.69) is 10.5 Å². The number of non-ortho nitro benzene ring substituents is 1. The monoisotopic (exact) mass is 348 g/mol. The van der Waals surface area contributed by atoms with Crippen LogP contribution < -0.4 is 5.43 Å². The summed E-state index contributed by atoms with van der Waals surface area (Å²) in [5.41, 5.74) is 4.94. The molecule has 0 fully saturated rings. The van der Waals surface area contributed by atoms with Gasteiger partial charge >= 0.3 is 0 Å². The highest BCUT2D eigenvalue weighted by Crippen LogP contribution is 2.16. The van der Waals surface area contributed by atoms with E-state index in [1.165, 1.54) is 18.3 Å². The van der Waals surface area contributed by atoms with Gasteiger partial charge in [-0.05, 0) is 29.8 Å². The van der Waals surface area contributed by atoms with Crippen molar-refractivity contribution in [1.29, 1.82) is 0 Å². The normalized spacial score (nSPS) is 10.8. The summed E-state index contributed by atoms with van der Waals surface area (Å²) in [5, 5.41) is 14.7. The Bertz CT molecular complexity index is 931. The van der Waals surface area contributed by atoms with Crippen LogP contribution in [0, 0.1) is 10.1 Å². The molecule has 0 radical (unpaired) electrons. The van der Waals surface area contributed by atoms with Crippen LogP contribution in [0.25, 0.3) is 5.69 Å². The Kier molecular flexibility index (Phi) is 5.19. The van der Waals surface area contributed by atoms with E-state index in [0.717, 1.165) is 16.9 Å². The Balaban J connectivity index is 1.66. The van der Waals surface area contributed by atoms with Gasteiger partial charge in [-0.25, -0.2) is 5.43 Å². The van der Waals surface area contributed by atoms with E-state index in [9.17, 15) is 14.9 Å². The summed E-state index contributed by atoms with van der Waals surface area (Å²) in [6, 6.07) is 19.3. The number of hydrogen-bond acceptors (Lipinski definition) is 4. The van der Waals surface area contributed by atoms with Crippen LogP contribution in [0.5, 0.6) is 0 Å². The molecule has 0 saturated carbocycles. The minimum Gasteiger partial charge on any atom is -0.316 e. The first-order chi connectivity index (χ1) is 12.6. The lowest BCUT2D eigenvalue weighted by molar-refractivity contribution is -0.384. The van der Waals surface area contributed by atoms with Gasteiger partial charge in [0.05, 0.1) is 23.3 Å². The maximum Gasteiger partial charge on any atom is 0.269 e. The van der Waals surface area contributed by atoms with E-state index < -0.39 is 4.92 Å². The van der Waals surface area contributed by atoms with Crippen molar-refractivity contribution in [3.63, 3.8) is 0 Å². The van der Waals surface area contributed by atoms with Gasteiger partial charge in [0, 0.05) is 24.0 Å². The summed E-state index contributed by atoms with van der Waals surface area (Å²) in [6.45, 7) is 0. The van der Waals surface area contributed by atoms with Crippen molar-refractivity contribution in [2.75, 3.05) is 0 Å². The third-order valence-electron chi connectivity index (χ3n) is 3.71. The van der Waals surface area contributed by atoms with Crippen LogP contribution in [0.15, 0.2) is 78.0 Å². The summed E-state index contributed by atoms with van der Waals surface area (Å²) in [5.74, 6) is -0.208. The molecule has 1 amide bonds. The fourth-order valence-corrected chi connectivity index (χ4v) is 2.46. The Hall–Kier alpha value is -3.74. The molecule has 130 valence electrons. The van der Waals surface area contributed by atoms with E-state index in [1.807, 2.05) is 53.2 Å². The minimum absolute atomic E-state index is 0.0318. The van der Waals surface area contributed by atoms with Crippen LogP contribution in [-0.2, 0) is 11.2 Å². The van der Waals surface area contributed by atoms with Crippen LogP contribution in [0.3, 0.4) is 0 Å². The van der Waals surface area contributed by atoms with Gasteiger partial charge in [-0.15, -0.1) is 0 Å².